The van der Waals surface area contributed by atoms with E-state index >= 15 is 0 Å². The third-order valence-electron chi connectivity index (χ3n) is 3.63. The Morgan fingerprint density at radius 1 is 1.33 bits per heavy atom. The Bertz CT molecular complexity index is 536. The predicted octanol–water partition coefficient (Wildman–Crippen LogP) is 3.20. The zero-order valence-corrected chi connectivity index (χ0v) is 14.6. The number of hydrogen-bond acceptors (Lipinski definition) is 4. The van der Waals surface area contributed by atoms with Crippen molar-refractivity contribution in [2.24, 2.45) is 0 Å². The summed E-state index contributed by atoms with van der Waals surface area (Å²) in [6.45, 7) is 6.59. The van der Waals surface area contributed by atoms with Crippen molar-refractivity contribution in [2.45, 2.75) is 62.7 Å². The molecule has 2 rings (SSSR count). The molecule has 1 fully saturated rings. The van der Waals surface area contributed by atoms with Crippen LogP contribution in [-0.4, -0.2) is 31.9 Å². The number of nitrogens with zero attached hydrogens (tertiary/aromatic N) is 1. The Kier molecular flexibility index (Phi) is 6.22. The lowest BCUT2D eigenvalue weighted by Crippen LogP contribution is -2.33. The molecule has 1 N–H and O–H groups in total. The largest absolute Gasteiger partial charge is 0.313 e. The van der Waals surface area contributed by atoms with E-state index in [9.17, 15) is 8.42 Å². The molecule has 1 saturated carbocycles. The first-order valence-electron chi connectivity index (χ1n) is 7.89. The van der Waals surface area contributed by atoms with Crippen LogP contribution in [0, 0.1) is 0 Å². The molecule has 0 unspecified atom stereocenters. The van der Waals surface area contributed by atoms with Gasteiger partial charge in [0.05, 0.1) is 0 Å². The summed E-state index contributed by atoms with van der Waals surface area (Å²) in [4.78, 5) is 0. The van der Waals surface area contributed by atoms with Gasteiger partial charge in [-0.1, -0.05) is 20.3 Å². The van der Waals surface area contributed by atoms with Gasteiger partial charge in [0.1, 0.15) is 4.21 Å². The van der Waals surface area contributed by atoms with E-state index in [0.717, 1.165) is 50.8 Å². The number of thiophene rings is 1. The Balaban J connectivity index is 2.06. The maximum atomic E-state index is 12.8. The molecule has 1 aromatic heterocycles. The highest BCUT2D eigenvalue weighted by molar-refractivity contribution is 7.91. The molecule has 6 heteroatoms. The van der Waals surface area contributed by atoms with Crippen LogP contribution in [0.1, 0.15) is 51.5 Å². The molecule has 1 aliphatic carbocycles. The molecule has 0 amide bonds. The minimum Gasteiger partial charge on any atom is -0.313 e. The van der Waals surface area contributed by atoms with E-state index in [1.807, 2.05) is 11.4 Å². The molecule has 0 saturated heterocycles. The summed E-state index contributed by atoms with van der Waals surface area (Å²) in [5.74, 6) is 0. The van der Waals surface area contributed by atoms with Gasteiger partial charge in [-0.2, -0.15) is 4.31 Å². The van der Waals surface area contributed by atoms with Crippen LogP contribution in [0.3, 0.4) is 0 Å². The van der Waals surface area contributed by atoms with Gasteiger partial charge >= 0.3 is 0 Å². The molecule has 4 nitrogen and oxygen atoms in total. The second-order valence-corrected chi connectivity index (χ2v) is 8.68. The molecule has 0 atom stereocenters. The number of sulfonamides is 1. The Labute approximate surface area is 132 Å². The van der Waals surface area contributed by atoms with Gasteiger partial charge in [-0.25, -0.2) is 8.42 Å². The van der Waals surface area contributed by atoms with Crippen LogP contribution in [-0.2, 0) is 16.6 Å². The zero-order chi connectivity index (χ0) is 15.3. The van der Waals surface area contributed by atoms with Crippen molar-refractivity contribution >= 4 is 21.4 Å². The molecule has 1 heterocycles. The smallest absolute Gasteiger partial charge is 0.252 e. The van der Waals surface area contributed by atoms with E-state index in [-0.39, 0.29) is 6.04 Å². The van der Waals surface area contributed by atoms with E-state index in [1.54, 1.807) is 4.31 Å². The Morgan fingerprint density at radius 2 is 2.10 bits per heavy atom. The van der Waals surface area contributed by atoms with Crippen LogP contribution >= 0.6 is 11.3 Å². The fourth-order valence-corrected chi connectivity index (χ4v) is 5.34. The van der Waals surface area contributed by atoms with Crippen molar-refractivity contribution in [1.29, 1.82) is 0 Å². The summed E-state index contributed by atoms with van der Waals surface area (Å²) >= 11 is 1.35. The average molecular weight is 331 g/mol. The van der Waals surface area contributed by atoms with Crippen LogP contribution in [0.15, 0.2) is 15.7 Å². The summed E-state index contributed by atoms with van der Waals surface area (Å²) in [5.41, 5.74) is 1.07. The van der Waals surface area contributed by atoms with Crippen molar-refractivity contribution in [3.8, 4) is 0 Å². The molecular formula is C15H26N2O2S2. The number of hydrogen-bond donors (Lipinski definition) is 1. The summed E-state index contributed by atoms with van der Waals surface area (Å²) in [6, 6.07) is 2.08. The molecule has 0 spiro atoms. The van der Waals surface area contributed by atoms with Gasteiger partial charge in [0.2, 0.25) is 0 Å². The maximum Gasteiger partial charge on any atom is 0.252 e. The van der Waals surface area contributed by atoms with Crippen LogP contribution in [0.5, 0.6) is 0 Å². The lowest BCUT2D eigenvalue weighted by atomic mass is 10.3. The molecular weight excluding hydrogens is 304 g/mol. The zero-order valence-electron chi connectivity index (χ0n) is 13.0. The number of unbranched alkanes of at least 4 members (excludes halogenated alkanes) is 1. The third-order valence-corrected chi connectivity index (χ3v) is 7.05. The SMILES string of the molecule is CCCCN(C1CC1)S(=O)(=O)c1cc(CNCCC)cs1. The van der Waals surface area contributed by atoms with Crippen molar-refractivity contribution in [3.63, 3.8) is 0 Å². The van der Waals surface area contributed by atoms with Crippen molar-refractivity contribution < 1.29 is 8.42 Å². The highest BCUT2D eigenvalue weighted by Gasteiger charge is 2.38. The molecule has 0 aromatic carbocycles. The summed E-state index contributed by atoms with van der Waals surface area (Å²) in [7, 11) is -3.30. The molecule has 1 aliphatic rings. The lowest BCUT2D eigenvalue weighted by molar-refractivity contribution is 0.397. The first-order valence-corrected chi connectivity index (χ1v) is 10.2. The van der Waals surface area contributed by atoms with Crippen molar-refractivity contribution in [2.75, 3.05) is 13.1 Å². The highest BCUT2D eigenvalue weighted by Crippen LogP contribution is 2.34. The first-order chi connectivity index (χ1) is 10.1. The molecule has 1 aromatic rings. The second-order valence-electron chi connectivity index (χ2n) is 5.65. The van der Waals surface area contributed by atoms with Gasteiger partial charge in [0.25, 0.3) is 10.0 Å². The number of nitrogens with one attached hydrogen (secondary N) is 1. The van der Waals surface area contributed by atoms with Crippen LogP contribution < -0.4 is 5.32 Å². The minimum atomic E-state index is -3.30. The Morgan fingerprint density at radius 3 is 2.71 bits per heavy atom. The summed E-state index contributed by atoms with van der Waals surface area (Å²) < 4.78 is 27.8. The van der Waals surface area contributed by atoms with Crippen molar-refractivity contribution in [1.82, 2.24) is 9.62 Å². The summed E-state index contributed by atoms with van der Waals surface area (Å²) in [5, 5.41) is 5.27. The monoisotopic (exact) mass is 330 g/mol. The minimum absolute atomic E-state index is 0.241. The number of rotatable bonds is 10. The van der Waals surface area contributed by atoms with E-state index < -0.39 is 10.0 Å². The van der Waals surface area contributed by atoms with Crippen LogP contribution in [0.25, 0.3) is 0 Å². The molecule has 0 bridgehead atoms. The fourth-order valence-electron chi connectivity index (χ4n) is 2.28. The normalized spacial score (nSPS) is 15.8. The van der Waals surface area contributed by atoms with Crippen LogP contribution in [0.4, 0.5) is 0 Å². The standard InChI is InChI=1S/C15H26N2O2S2/c1-3-5-9-17(14-6-7-14)21(18,19)15-10-13(12-20-15)11-16-8-4-2/h10,12,14,16H,3-9,11H2,1-2H3. The van der Waals surface area contributed by atoms with Gasteiger partial charge in [-0.3, -0.25) is 0 Å². The van der Waals surface area contributed by atoms with Gasteiger partial charge in [0.15, 0.2) is 0 Å². The topological polar surface area (TPSA) is 49.4 Å². The molecule has 0 aliphatic heterocycles. The van der Waals surface area contributed by atoms with E-state index in [0.29, 0.717) is 10.8 Å². The third kappa shape index (κ3) is 4.52. The van der Waals surface area contributed by atoms with Gasteiger partial charge < -0.3 is 5.32 Å². The average Bonchev–Trinajstić information content (AvgIpc) is 3.16. The van der Waals surface area contributed by atoms with Gasteiger partial charge in [-0.05, 0) is 49.2 Å². The fraction of sp³-hybridized carbons (Fsp3) is 0.733. The second kappa shape index (κ2) is 7.72. The van der Waals surface area contributed by atoms with Crippen LogP contribution in [0.2, 0.25) is 0 Å². The highest BCUT2D eigenvalue weighted by atomic mass is 32.2. The molecule has 120 valence electrons. The summed E-state index contributed by atoms with van der Waals surface area (Å²) in [6.07, 6.45) is 5.07. The van der Waals surface area contributed by atoms with E-state index in [4.69, 9.17) is 0 Å². The Hall–Kier alpha value is -0.430. The van der Waals surface area contributed by atoms with Gasteiger partial charge in [0, 0.05) is 19.1 Å². The lowest BCUT2D eigenvalue weighted by Gasteiger charge is -2.20. The molecule has 21 heavy (non-hydrogen) atoms. The maximum absolute atomic E-state index is 12.8. The van der Waals surface area contributed by atoms with E-state index in [2.05, 4.69) is 19.2 Å². The van der Waals surface area contributed by atoms with Gasteiger partial charge in [-0.15, -0.1) is 11.3 Å². The quantitative estimate of drug-likeness (QED) is 0.670. The molecule has 0 radical (unpaired) electrons. The van der Waals surface area contributed by atoms with Crippen molar-refractivity contribution in [3.05, 3.63) is 17.0 Å². The first kappa shape index (κ1) is 16.9. The predicted molar refractivity (Wildman–Crippen MR) is 88.1 cm³/mol. The van der Waals surface area contributed by atoms with E-state index in [1.165, 1.54) is 11.3 Å².